The van der Waals surface area contributed by atoms with Crippen LogP contribution < -0.4 is 0 Å². The zero-order valence-electron chi connectivity index (χ0n) is 7.55. The molecule has 0 saturated carbocycles. The molecule has 0 radical (unpaired) electrons. The van der Waals surface area contributed by atoms with Gasteiger partial charge in [0.05, 0.1) is 19.8 Å². The molecule has 0 aromatic rings. The first-order valence-corrected chi connectivity index (χ1v) is 4.06. The van der Waals surface area contributed by atoms with E-state index in [-0.39, 0.29) is 0 Å². The summed E-state index contributed by atoms with van der Waals surface area (Å²) in [6.07, 6.45) is 1.80. The van der Waals surface area contributed by atoms with Crippen molar-refractivity contribution in [2.45, 2.75) is 27.7 Å². The van der Waals surface area contributed by atoms with E-state index in [0.717, 1.165) is 13.2 Å². The lowest BCUT2D eigenvalue weighted by molar-refractivity contribution is 0.174. The van der Waals surface area contributed by atoms with Crippen molar-refractivity contribution in [1.29, 1.82) is 0 Å². The van der Waals surface area contributed by atoms with E-state index >= 15 is 0 Å². The molecule has 2 nitrogen and oxygen atoms in total. The quantitative estimate of drug-likeness (QED) is 0.511. The fourth-order valence-electron chi connectivity index (χ4n) is 0.397. The van der Waals surface area contributed by atoms with E-state index in [1.54, 1.807) is 6.21 Å². The van der Waals surface area contributed by atoms with Crippen molar-refractivity contribution < 1.29 is 4.74 Å². The maximum absolute atomic E-state index is 4.92. The largest absolute Gasteiger partial charge is 0.374 e. The average Bonchev–Trinajstić information content (AvgIpc) is 2.14. The minimum atomic E-state index is 0.708. The maximum atomic E-state index is 4.92. The predicted molar refractivity (Wildman–Crippen MR) is 46.9 cm³/mol. The van der Waals surface area contributed by atoms with Crippen LogP contribution in [0.5, 0.6) is 0 Å². The number of aliphatic imine (C=N–C) groups is 1. The minimum absolute atomic E-state index is 0.708. The van der Waals surface area contributed by atoms with Gasteiger partial charge in [-0.2, -0.15) is 0 Å². The van der Waals surface area contributed by atoms with Crippen molar-refractivity contribution in [3.63, 3.8) is 0 Å². The fourth-order valence-corrected chi connectivity index (χ4v) is 0.397. The Labute approximate surface area is 64.3 Å². The van der Waals surface area contributed by atoms with Crippen molar-refractivity contribution in [1.82, 2.24) is 0 Å². The molecule has 1 rings (SSSR count). The lowest BCUT2D eigenvalue weighted by Crippen LogP contribution is -2.06. The maximum Gasteiger partial charge on any atom is 0.0815 e. The van der Waals surface area contributed by atoms with Gasteiger partial charge in [-0.25, -0.2) is 0 Å². The second-order valence-corrected chi connectivity index (χ2v) is 1.16. The SMILES string of the molecule is C1=NCCOC1.CC.CC. The van der Waals surface area contributed by atoms with Crippen LogP contribution in [-0.4, -0.2) is 26.0 Å². The highest BCUT2D eigenvalue weighted by molar-refractivity contribution is 5.58. The molecule has 0 amide bonds. The second kappa shape index (κ2) is 15.9. The molecule has 0 aromatic heterocycles. The van der Waals surface area contributed by atoms with Crippen LogP contribution in [0.2, 0.25) is 0 Å². The summed E-state index contributed by atoms with van der Waals surface area (Å²) in [6.45, 7) is 10.4. The van der Waals surface area contributed by atoms with Crippen molar-refractivity contribution in [2.75, 3.05) is 19.8 Å². The van der Waals surface area contributed by atoms with Crippen LogP contribution in [0.15, 0.2) is 4.99 Å². The number of nitrogens with zero attached hydrogens (tertiary/aromatic N) is 1. The van der Waals surface area contributed by atoms with E-state index in [0.29, 0.717) is 6.61 Å². The van der Waals surface area contributed by atoms with Crippen molar-refractivity contribution in [2.24, 2.45) is 4.99 Å². The van der Waals surface area contributed by atoms with Crippen LogP contribution in [0, 0.1) is 0 Å². The Balaban J connectivity index is 0. The molecule has 0 spiro atoms. The second-order valence-electron chi connectivity index (χ2n) is 1.16. The summed E-state index contributed by atoms with van der Waals surface area (Å²) < 4.78 is 4.92. The van der Waals surface area contributed by atoms with Crippen LogP contribution in [0.4, 0.5) is 0 Å². The monoisotopic (exact) mass is 145 g/mol. The molecule has 0 saturated heterocycles. The average molecular weight is 145 g/mol. The van der Waals surface area contributed by atoms with Gasteiger partial charge in [0.25, 0.3) is 0 Å². The van der Waals surface area contributed by atoms with Gasteiger partial charge in [0, 0.05) is 6.21 Å². The predicted octanol–water partition coefficient (Wildman–Crippen LogP) is 2.14. The van der Waals surface area contributed by atoms with Gasteiger partial charge >= 0.3 is 0 Å². The number of ether oxygens (including phenoxy) is 1. The number of rotatable bonds is 0. The first-order valence-electron chi connectivity index (χ1n) is 4.06. The van der Waals surface area contributed by atoms with Crippen molar-refractivity contribution >= 4 is 6.21 Å². The highest BCUT2D eigenvalue weighted by Crippen LogP contribution is 1.79. The third-order valence-corrected chi connectivity index (χ3v) is 0.686. The lowest BCUT2D eigenvalue weighted by Gasteiger charge is -2.00. The molecule has 1 heterocycles. The van der Waals surface area contributed by atoms with Crippen molar-refractivity contribution in [3.05, 3.63) is 0 Å². The Morgan fingerprint density at radius 3 is 1.90 bits per heavy atom. The molecular formula is C8H19NO. The van der Waals surface area contributed by atoms with Gasteiger partial charge in [0.2, 0.25) is 0 Å². The third-order valence-electron chi connectivity index (χ3n) is 0.686. The molecule has 1 aliphatic rings. The highest BCUT2D eigenvalue weighted by atomic mass is 16.5. The Morgan fingerprint density at radius 2 is 1.80 bits per heavy atom. The summed E-state index contributed by atoms with van der Waals surface area (Å²) in [5, 5.41) is 0. The van der Waals surface area contributed by atoms with Crippen LogP contribution in [0.3, 0.4) is 0 Å². The molecule has 0 fully saturated rings. The van der Waals surface area contributed by atoms with E-state index in [1.807, 2.05) is 27.7 Å². The summed E-state index contributed by atoms with van der Waals surface area (Å²) in [7, 11) is 0. The summed E-state index contributed by atoms with van der Waals surface area (Å²) in [5.41, 5.74) is 0. The van der Waals surface area contributed by atoms with Gasteiger partial charge < -0.3 is 4.74 Å². The highest BCUT2D eigenvalue weighted by Gasteiger charge is 1.86. The first-order chi connectivity index (χ1) is 5.00. The Kier molecular flexibility index (Phi) is 19.5. The van der Waals surface area contributed by atoms with Crippen molar-refractivity contribution in [3.8, 4) is 0 Å². The molecule has 0 unspecified atom stereocenters. The first kappa shape index (κ1) is 12.3. The van der Waals surface area contributed by atoms with E-state index in [9.17, 15) is 0 Å². The van der Waals surface area contributed by atoms with Gasteiger partial charge in [-0.3, -0.25) is 4.99 Å². The summed E-state index contributed by atoms with van der Waals surface area (Å²) in [4.78, 5) is 3.93. The number of hydrogen-bond donors (Lipinski definition) is 0. The van der Waals surface area contributed by atoms with Gasteiger partial charge in [-0.05, 0) is 0 Å². The van der Waals surface area contributed by atoms with Crippen LogP contribution in [-0.2, 0) is 4.74 Å². The Morgan fingerprint density at radius 1 is 1.20 bits per heavy atom. The summed E-state index contributed by atoms with van der Waals surface area (Å²) in [6, 6.07) is 0. The lowest BCUT2D eigenvalue weighted by atomic mass is 10.6. The minimum Gasteiger partial charge on any atom is -0.374 e. The smallest absolute Gasteiger partial charge is 0.0815 e. The Hall–Kier alpha value is -0.370. The molecule has 0 atom stereocenters. The summed E-state index contributed by atoms with van der Waals surface area (Å²) >= 11 is 0. The van der Waals surface area contributed by atoms with E-state index in [1.165, 1.54) is 0 Å². The zero-order valence-corrected chi connectivity index (χ0v) is 7.55. The van der Waals surface area contributed by atoms with Gasteiger partial charge in [-0.1, -0.05) is 27.7 Å². The van der Waals surface area contributed by atoms with Gasteiger partial charge in [-0.15, -0.1) is 0 Å². The zero-order chi connectivity index (χ0) is 8.24. The third kappa shape index (κ3) is 10.6. The molecule has 1 aliphatic heterocycles. The van der Waals surface area contributed by atoms with E-state index in [2.05, 4.69) is 4.99 Å². The van der Waals surface area contributed by atoms with E-state index < -0.39 is 0 Å². The van der Waals surface area contributed by atoms with Gasteiger partial charge in [0.15, 0.2) is 0 Å². The van der Waals surface area contributed by atoms with Crippen LogP contribution >= 0.6 is 0 Å². The molecule has 2 heteroatoms. The normalized spacial score (nSPS) is 14.0. The summed E-state index contributed by atoms with van der Waals surface area (Å²) in [5.74, 6) is 0. The molecule has 0 bridgehead atoms. The molecular weight excluding hydrogens is 126 g/mol. The molecule has 0 N–H and O–H groups in total. The molecule has 10 heavy (non-hydrogen) atoms. The van der Waals surface area contributed by atoms with Gasteiger partial charge in [0.1, 0.15) is 0 Å². The fraction of sp³-hybridized carbons (Fsp3) is 0.875. The van der Waals surface area contributed by atoms with Crippen LogP contribution in [0.25, 0.3) is 0 Å². The Bertz CT molecular complexity index is 54.3. The van der Waals surface area contributed by atoms with Crippen LogP contribution in [0.1, 0.15) is 27.7 Å². The molecule has 0 aliphatic carbocycles. The molecule has 62 valence electrons. The van der Waals surface area contributed by atoms with E-state index in [4.69, 9.17) is 4.74 Å². The standard InChI is InChI=1S/C4H7NO.2C2H6/c1-3-6-4-2-5-1;2*1-2/h1H,2-4H2;2*1-2H3. The topological polar surface area (TPSA) is 21.6 Å². The number of hydrogen-bond acceptors (Lipinski definition) is 2. The molecule has 0 aromatic carbocycles.